The molecule has 0 amide bonds. The van der Waals surface area contributed by atoms with E-state index in [1.807, 2.05) is 24.5 Å². The zero-order chi connectivity index (χ0) is 30.3. The number of thioether (sulfide) groups is 1. The van der Waals surface area contributed by atoms with E-state index < -0.39 is 18.8 Å². The maximum Gasteiger partial charge on any atom is 0.405 e. The number of ether oxygens (including phenoxy) is 1. The molecule has 4 aliphatic rings. The second kappa shape index (κ2) is 14.4. The predicted molar refractivity (Wildman–Crippen MR) is 169 cm³/mol. The summed E-state index contributed by atoms with van der Waals surface area (Å²) < 4.78 is 45.4. The quantitative estimate of drug-likeness (QED) is 0.165. The summed E-state index contributed by atoms with van der Waals surface area (Å²) in [6.45, 7) is 3.64. The summed E-state index contributed by atoms with van der Waals surface area (Å²) in [7, 11) is 0. The Hall–Kier alpha value is -2.74. The number of hydrogen-bond acceptors (Lipinski definition) is 7. The van der Waals surface area contributed by atoms with Gasteiger partial charge in [0.1, 0.15) is 12.3 Å². The van der Waals surface area contributed by atoms with Crippen molar-refractivity contribution in [1.29, 1.82) is 0 Å². The van der Waals surface area contributed by atoms with Crippen LogP contribution in [0.1, 0.15) is 50.5 Å². The molecule has 1 aliphatic carbocycles. The summed E-state index contributed by atoms with van der Waals surface area (Å²) in [6, 6.07) is 10.7. The van der Waals surface area contributed by atoms with Gasteiger partial charge in [0, 0.05) is 39.7 Å². The number of phenols is 1. The molecule has 2 aromatic rings. The van der Waals surface area contributed by atoms with Gasteiger partial charge in [0.15, 0.2) is 0 Å². The summed E-state index contributed by atoms with van der Waals surface area (Å²) in [5, 5.41) is 20.1. The zero-order valence-electron chi connectivity index (χ0n) is 24.9. The van der Waals surface area contributed by atoms with Crippen molar-refractivity contribution in [3.8, 4) is 17.6 Å². The molecule has 3 heterocycles. The summed E-state index contributed by atoms with van der Waals surface area (Å²) >= 11 is 1.53. The standard InChI is InChI=1S/C26H30F3N3OS.C7H13NO/c1-34-20-12-13-23(25(33)16-20)30-14-6-9-19-15-21-22(31-18-7-3-2-4-8-18)10-5-11-24(21)32(19)17-26(27,28)29;1-3-8-4-2-7(1)5-9-6-7/h5,10-13,16,18-19,30-31,33H,2-4,7-8,14-15,17H2,1H3;8H,1-6H2. The Morgan fingerprint density at radius 3 is 2.49 bits per heavy atom. The minimum absolute atomic E-state index is 0.124. The lowest BCUT2D eigenvalue weighted by atomic mass is 9.77. The Morgan fingerprint density at radius 2 is 1.86 bits per heavy atom. The summed E-state index contributed by atoms with van der Waals surface area (Å²) in [5.41, 5.74) is 3.61. The molecule has 3 aliphatic heterocycles. The van der Waals surface area contributed by atoms with Crippen molar-refractivity contribution < 1.29 is 23.0 Å². The van der Waals surface area contributed by atoms with Gasteiger partial charge in [0.25, 0.3) is 0 Å². The molecule has 0 radical (unpaired) electrons. The molecule has 3 fully saturated rings. The summed E-state index contributed by atoms with van der Waals surface area (Å²) in [6.07, 6.45) is 6.50. The fourth-order valence-electron chi connectivity index (χ4n) is 6.38. The number of alkyl halides is 3. The first-order chi connectivity index (χ1) is 20.8. The first-order valence-corrected chi connectivity index (χ1v) is 16.6. The van der Waals surface area contributed by atoms with E-state index in [1.54, 1.807) is 18.2 Å². The third-order valence-corrected chi connectivity index (χ3v) is 9.60. The molecule has 10 heteroatoms. The van der Waals surface area contributed by atoms with Crippen LogP contribution in [0, 0.1) is 17.3 Å². The van der Waals surface area contributed by atoms with Crippen LogP contribution in [-0.2, 0) is 11.2 Å². The van der Waals surface area contributed by atoms with Crippen molar-refractivity contribution in [2.24, 2.45) is 5.41 Å². The molecule has 1 atom stereocenters. The molecule has 1 saturated carbocycles. The van der Waals surface area contributed by atoms with Crippen molar-refractivity contribution in [3.63, 3.8) is 0 Å². The van der Waals surface area contributed by atoms with E-state index in [2.05, 4.69) is 27.8 Å². The highest BCUT2D eigenvalue weighted by molar-refractivity contribution is 7.98. The topological polar surface area (TPSA) is 68.8 Å². The maximum atomic E-state index is 13.4. The Labute approximate surface area is 257 Å². The fourth-order valence-corrected chi connectivity index (χ4v) is 6.82. The Morgan fingerprint density at radius 1 is 1.09 bits per heavy atom. The van der Waals surface area contributed by atoms with Gasteiger partial charge in [0.2, 0.25) is 0 Å². The number of benzene rings is 2. The number of halogens is 3. The molecule has 2 saturated heterocycles. The summed E-state index contributed by atoms with van der Waals surface area (Å²) in [4.78, 5) is 2.32. The largest absolute Gasteiger partial charge is 0.506 e. The van der Waals surface area contributed by atoms with Crippen LogP contribution in [0.15, 0.2) is 41.3 Å². The van der Waals surface area contributed by atoms with Gasteiger partial charge < -0.3 is 30.7 Å². The average molecular weight is 617 g/mol. The van der Waals surface area contributed by atoms with Gasteiger partial charge in [-0.2, -0.15) is 13.2 Å². The second-order valence-corrected chi connectivity index (χ2v) is 12.9. The molecular formula is C33H43F3N4O2S. The maximum absolute atomic E-state index is 13.4. The molecule has 0 aromatic heterocycles. The minimum atomic E-state index is -4.32. The number of phenolic OH excluding ortho intramolecular Hbond substituents is 1. The minimum Gasteiger partial charge on any atom is -0.506 e. The van der Waals surface area contributed by atoms with E-state index in [1.165, 1.54) is 61.9 Å². The third kappa shape index (κ3) is 8.46. The monoisotopic (exact) mass is 616 g/mol. The van der Waals surface area contributed by atoms with Crippen LogP contribution in [0.4, 0.5) is 30.2 Å². The molecule has 6 rings (SSSR count). The fraction of sp³-hybridized carbons (Fsp3) is 0.576. The van der Waals surface area contributed by atoms with Gasteiger partial charge in [-0.25, -0.2) is 0 Å². The molecule has 43 heavy (non-hydrogen) atoms. The van der Waals surface area contributed by atoms with Crippen molar-refractivity contribution >= 4 is 28.8 Å². The van der Waals surface area contributed by atoms with Crippen molar-refractivity contribution in [2.45, 2.75) is 74.5 Å². The lowest BCUT2D eigenvalue weighted by molar-refractivity contribution is -0.127. The zero-order valence-corrected chi connectivity index (χ0v) is 25.7. The summed E-state index contributed by atoms with van der Waals surface area (Å²) in [5.74, 6) is 6.14. The number of aromatic hydroxyl groups is 1. The predicted octanol–water partition coefficient (Wildman–Crippen LogP) is 6.65. The highest BCUT2D eigenvalue weighted by Crippen LogP contribution is 2.40. The van der Waals surface area contributed by atoms with Gasteiger partial charge in [-0.15, -0.1) is 11.8 Å². The molecule has 0 bridgehead atoms. The number of rotatable bonds is 6. The van der Waals surface area contributed by atoms with E-state index in [4.69, 9.17) is 4.74 Å². The SMILES string of the molecule is C1CC2(CCN1)COC2.CSc1ccc(NCC#CC2Cc3c(NC4CCCCC4)cccc3N2CC(F)(F)F)c(O)c1. The highest BCUT2D eigenvalue weighted by Gasteiger charge is 2.40. The van der Waals surface area contributed by atoms with Crippen molar-refractivity contribution in [1.82, 2.24) is 5.32 Å². The number of anilines is 3. The first kappa shape index (κ1) is 31.7. The molecule has 2 aromatic carbocycles. The van der Waals surface area contributed by atoms with E-state index in [0.29, 0.717) is 29.3 Å². The van der Waals surface area contributed by atoms with E-state index >= 15 is 0 Å². The molecule has 4 N–H and O–H groups in total. The third-order valence-electron chi connectivity index (χ3n) is 8.87. The van der Waals surface area contributed by atoms with Crippen LogP contribution >= 0.6 is 11.8 Å². The van der Waals surface area contributed by atoms with Gasteiger partial charge in [-0.3, -0.25) is 0 Å². The Kier molecular flexibility index (Phi) is 10.6. The normalized spacial score (nSPS) is 21.1. The van der Waals surface area contributed by atoms with Gasteiger partial charge in [-0.05, 0) is 75.4 Å². The Bertz CT molecular complexity index is 1280. The number of nitrogens with one attached hydrogen (secondary N) is 3. The number of nitrogens with zero attached hydrogens (tertiary/aromatic N) is 1. The average Bonchev–Trinajstić information content (AvgIpc) is 3.33. The number of fused-ring (bicyclic) bond motifs is 1. The number of piperidine rings is 1. The van der Waals surface area contributed by atoms with Crippen LogP contribution in [0.3, 0.4) is 0 Å². The lowest BCUT2D eigenvalue weighted by Gasteiger charge is -2.44. The van der Waals surface area contributed by atoms with Gasteiger partial charge in [-0.1, -0.05) is 37.2 Å². The molecular weight excluding hydrogens is 573 g/mol. The smallest absolute Gasteiger partial charge is 0.405 e. The molecule has 1 spiro atoms. The molecule has 234 valence electrons. The van der Waals surface area contributed by atoms with E-state index in [9.17, 15) is 18.3 Å². The van der Waals surface area contributed by atoms with Gasteiger partial charge >= 0.3 is 6.18 Å². The van der Waals surface area contributed by atoms with Crippen LogP contribution in [0.25, 0.3) is 0 Å². The first-order valence-electron chi connectivity index (χ1n) is 15.3. The van der Waals surface area contributed by atoms with Crippen LogP contribution in [0.2, 0.25) is 0 Å². The van der Waals surface area contributed by atoms with E-state index in [0.717, 1.165) is 42.2 Å². The van der Waals surface area contributed by atoms with Crippen LogP contribution < -0.4 is 20.9 Å². The second-order valence-electron chi connectivity index (χ2n) is 12.0. The highest BCUT2D eigenvalue weighted by atomic mass is 32.2. The van der Waals surface area contributed by atoms with Crippen LogP contribution in [-0.4, -0.2) is 69.0 Å². The van der Waals surface area contributed by atoms with Gasteiger partial charge in [0.05, 0.1) is 31.5 Å². The number of hydrogen-bond donors (Lipinski definition) is 4. The van der Waals surface area contributed by atoms with Crippen LogP contribution in [0.5, 0.6) is 5.75 Å². The van der Waals surface area contributed by atoms with Crippen molar-refractivity contribution in [2.75, 3.05) is 61.2 Å². The molecule has 6 nitrogen and oxygen atoms in total. The van der Waals surface area contributed by atoms with E-state index in [-0.39, 0.29) is 12.3 Å². The Balaban J connectivity index is 0.000000345. The van der Waals surface area contributed by atoms with Crippen molar-refractivity contribution in [3.05, 3.63) is 42.0 Å². The molecule has 1 unspecified atom stereocenters. The lowest BCUT2D eigenvalue weighted by Crippen LogP contribution is -2.49.